The zero-order valence-corrected chi connectivity index (χ0v) is 9.89. The summed E-state index contributed by atoms with van der Waals surface area (Å²) in [4.78, 5) is 3.84. The van der Waals surface area contributed by atoms with Crippen LogP contribution in [0.3, 0.4) is 0 Å². The zero-order valence-electron chi connectivity index (χ0n) is 9.89. The molecule has 0 unspecified atom stereocenters. The van der Waals surface area contributed by atoms with Crippen LogP contribution in [0.1, 0.15) is 37.3 Å². The topological polar surface area (TPSA) is 77.0 Å². The summed E-state index contributed by atoms with van der Waals surface area (Å²) in [6.07, 6.45) is 3.27. The maximum absolute atomic E-state index is 8.45. The first-order valence-corrected chi connectivity index (χ1v) is 5.45. The smallest absolute Gasteiger partial charge is 0.101 e. The number of nitrogens with zero attached hydrogens (tertiary/aromatic N) is 2. The average Bonchev–Trinajstić information content (AvgIpc) is 2.40. The molecule has 0 aliphatic heterocycles. The van der Waals surface area contributed by atoms with Crippen LogP contribution in [0.25, 0.3) is 0 Å². The normalized spacial score (nSPS) is 8.47. The van der Waals surface area contributed by atoms with E-state index in [2.05, 4.69) is 11.8 Å². The highest BCUT2D eigenvalue weighted by Gasteiger charge is 1.95. The minimum Gasteiger partial charge on any atom is -0.252 e. The fourth-order valence-corrected chi connectivity index (χ4v) is 1.09. The molecule has 0 aliphatic carbocycles. The molecule has 0 atom stereocenters. The van der Waals surface area contributed by atoms with Crippen molar-refractivity contribution in [2.24, 2.45) is 0 Å². The SMILES string of the molecule is CCCCCOO.N#Cc1ccccc1C#N. The molecular weight excluding hydrogens is 216 g/mol. The van der Waals surface area contributed by atoms with Gasteiger partial charge in [0.05, 0.1) is 17.7 Å². The number of unbranched alkanes of at least 4 members (excludes halogenated alkanes) is 2. The van der Waals surface area contributed by atoms with Crippen LogP contribution >= 0.6 is 0 Å². The second kappa shape index (κ2) is 10.6. The van der Waals surface area contributed by atoms with Gasteiger partial charge in [0, 0.05) is 0 Å². The van der Waals surface area contributed by atoms with Gasteiger partial charge in [-0.15, -0.1) is 0 Å². The van der Waals surface area contributed by atoms with E-state index in [4.69, 9.17) is 15.8 Å². The van der Waals surface area contributed by atoms with Gasteiger partial charge in [0.15, 0.2) is 0 Å². The van der Waals surface area contributed by atoms with Gasteiger partial charge < -0.3 is 0 Å². The number of benzene rings is 1. The van der Waals surface area contributed by atoms with Gasteiger partial charge in [-0.3, -0.25) is 5.26 Å². The summed E-state index contributed by atoms with van der Waals surface area (Å²) in [6, 6.07) is 10.6. The molecule has 0 bridgehead atoms. The van der Waals surface area contributed by atoms with E-state index in [0.29, 0.717) is 17.7 Å². The lowest BCUT2D eigenvalue weighted by Gasteiger charge is -1.90. The number of hydrogen-bond donors (Lipinski definition) is 1. The summed E-state index contributed by atoms with van der Waals surface area (Å²) in [7, 11) is 0. The third-order valence-corrected chi connectivity index (χ3v) is 2.01. The molecule has 1 aromatic carbocycles. The molecule has 0 fully saturated rings. The lowest BCUT2D eigenvalue weighted by Crippen LogP contribution is -1.86. The summed E-state index contributed by atoms with van der Waals surface area (Å²) in [5.74, 6) is 0. The van der Waals surface area contributed by atoms with Crippen LogP contribution < -0.4 is 0 Å². The van der Waals surface area contributed by atoms with Crippen LogP contribution in [0.15, 0.2) is 24.3 Å². The molecule has 0 aromatic heterocycles. The molecule has 1 N–H and O–H groups in total. The summed E-state index contributed by atoms with van der Waals surface area (Å²) in [6.45, 7) is 2.59. The second-order valence-corrected chi connectivity index (χ2v) is 3.31. The third-order valence-electron chi connectivity index (χ3n) is 2.01. The van der Waals surface area contributed by atoms with Crippen molar-refractivity contribution in [3.05, 3.63) is 35.4 Å². The van der Waals surface area contributed by atoms with Gasteiger partial charge in [0.1, 0.15) is 12.1 Å². The van der Waals surface area contributed by atoms with Crippen LogP contribution in [0, 0.1) is 22.7 Å². The highest BCUT2D eigenvalue weighted by atomic mass is 17.1. The molecule has 0 spiro atoms. The van der Waals surface area contributed by atoms with Crippen molar-refractivity contribution in [3.8, 4) is 12.1 Å². The predicted octanol–water partition coefficient (Wildman–Crippen LogP) is 3.10. The fourth-order valence-electron chi connectivity index (χ4n) is 1.09. The van der Waals surface area contributed by atoms with Gasteiger partial charge in [0.25, 0.3) is 0 Å². The summed E-state index contributed by atoms with van der Waals surface area (Å²) >= 11 is 0. The van der Waals surface area contributed by atoms with Gasteiger partial charge >= 0.3 is 0 Å². The Balaban J connectivity index is 0.000000325. The molecule has 90 valence electrons. The molecule has 1 rings (SSSR count). The van der Waals surface area contributed by atoms with Crippen LogP contribution in [0.2, 0.25) is 0 Å². The lowest BCUT2D eigenvalue weighted by molar-refractivity contribution is -0.242. The molecule has 0 amide bonds. The van der Waals surface area contributed by atoms with E-state index in [9.17, 15) is 0 Å². The van der Waals surface area contributed by atoms with Gasteiger partial charge in [-0.1, -0.05) is 31.9 Å². The first kappa shape index (κ1) is 15.1. The molecule has 0 heterocycles. The van der Waals surface area contributed by atoms with Crippen molar-refractivity contribution >= 4 is 0 Å². The molecular formula is C13H16N2O2. The zero-order chi connectivity index (χ0) is 12.9. The Labute approximate surface area is 102 Å². The van der Waals surface area contributed by atoms with E-state index in [1.165, 1.54) is 6.42 Å². The van der Waals surface area contributed by atoms with Gasteiger partial charge in [-0.25, -0.2) is 4.89 Å². The van der Waals surface area contributed by atoms with Crippen LogP contribution in [-0.2, 0) is 4.89 Å². The monoisotopic (exact) mass is 232 g/mol. The van der Waals surface area contributed by atoms with E-state index < -0.39 is 0 Å². The van der Waals surface area contributed by atoms with E-state index in [0.717, 1.165) is 12.8 Å². The average molecular weight is 232 g/mol. The Kier molecular flexibility index (Phi) is 9.46. The maximum atomic E-state index is 8.45. The first-order valence-electron chi connectivity index (χ1n) is 5.45. The second-order valence-electron chi connectivity index (χ2n) is 3.31. The summed E-state index contributed by atoms with van der Waals surface area (Å²) in [5.41, 5.74) is 0.870. The number of nitriles is 2. The molecule has 17 heavy (non-hydrogen) atoms. The molecule has 4 heteroatoms. The Bertz CT molecular complexity index is 354. The van der Waals surface area contributed by atoms with Crippen LogP contribution in [0.4, 0.5) is 0 Å². The van der Waals surface area contributed by atoms with E-state index in [1.54, 1.807) is 24.3 Å². The van der Waals surface area contributed by atoms with Gasteiger partial charge in [0.2, 0.25) is 0 Å². The minimum absolute atomic E-state index is 0.435. The predicted molar refractivity (Wildman–Crippen MR) is 64.0 cm³/mol. The van der Waals surface area contributed by atoms with Crippen molar-refractivity contribution in [3.63, 3.8) is 0 Å². The molecule has 0 radical (unpaired) electrons. The Morgan fingerprint density at radius 3 is 2.00 bits per heavy atom. The van der Waals surface area contributed by atoms with Crippen LogP contribution in [-0.4, -0.2) is 11.9 Å². The highest BCUT2D eigenvalue weighted by molar-refractivity contribution is 5.44. The Morgan fingerprint density at radius 1 is 1.12 bits per heavy atom. The van der Waals surface area contributed by atoms with Crippen LogP contribution in [0.5, 0.6) is 0 Å². The third kappa shape index (κ3) is 7.08. The number of hydrogen-bond acceptors (Lipinski definition) is 4. The minimum atomic E-state index is 0.435. The van der Waals surface area contributed by atoms with Gasteiger partial charge in [-0.2, -0.15) is 10.5 Å². The largest absolute Gasteiger partial charge is 0.252 e. The lowest BCUT2D eigenvalue weighted by atomic mass is 10.1. The summed E-state index contributed by atoms with van der Waals surface area (Å²) < 4.78 is 0. The standard InChI is InChI=1S/C8H4N2.C5H12O2/c9-5-7-3-1-2-4-8(7)6-10;1-2-3-4-5-7-6/h1-4H;6H,2-5H2,1H3. The molecule has 4 nitrogen and oxygen atoms in total. The Morgan fingerprint density at radius 2 is 1.65 bits per heavy atom. The van der Waals surface area contributed by atoms with E-state index in [1.807, 2.05) is 12.1 Å². The molecule has 1 aromatic rings. The van der Waals surface area contributed by atoms with Crippen molar-refractivity contribution in [2.75, 3.05) is 6.61 Å². The van der Waals surface area contributed by atoms with E-state index >= 15 is 0 Å². The van der Waals surface area contributed by atoms with E-state index in [-0.39, 0.29) is 0 Å². The van der Waals surface area contributed by atoms with Crippen molar-refractivity contribution in [1.29, 1.82) is 10.5 Å². The van der Waals surface area contributed by atoms with Crippen molar-refractivity contribution in [2.45, 2.75) is 26.2 Å². The molecule has 0 aliphatic rings. The molecule has 0 saturated heterocycles. The Hall–Kier alpha value is -1.88. The molecule has 0 saturated carbocycles. The fraction of sp³-hybridized carbons (Fsp3) is 0.385. The number of rotatable bonds is 4. The maximum Gasteiger partial charge on any atom is 0.101 e. The van der Waals surface area contributed by atoms with Gasteiger partial charge in [-0.05, 0) is 18.6 Å². The quantitative estimate of drug-likeness (QED) is 0.491. The van der Waals surface area contributed by atoms with Crippen molar-refractivity contribution < 1.29 is 10.1 Å². The first-order chi connectivity index (χ1) is 8.29. The van der Waals surface area contributed by atoms with Crippen molar-refractivity contribution in [1.82, 2.24) is 0 Å². The highest BCUT2D eigenvalue weighted by Crippen LogP contribution is 2.03. The summed E-state index contributed by atoms with van der Waals surface area (Å²) in [5, 5.41) is 24.7.